The maximum Gasteiger partial charge on any atom is 0.0772 e. The Bertz CT molecular complexity index is 295. The van der Waals surface area contributed by atoms with Crippen molar-refractivity contribution in [2.75, 3.05) is 12.8 Å². The molecular weight excluding hydrogens is 186 g/mol. The van der Waals surface area contributed by atoms with Gasteiger partial charge in [-0.2, -0.15) is 0 Å². The first-order chi connectivity index (χ1) is 7.19. The Kier molecular flexibility index (Phi) is 4.56. The first kappa shape index (κ1) is 12.0. The zero-order chi connectivity index (χ0) is 11.3. The Morgan fingerprint density at radius 1 is 1.40 bits per heavy atom. The van der Waals surface area contributed by atoms with E-state index in [1.807, 2.05) is 12.1 Å². The summed E-state index contributed by atoms with van der Waals surface area (Å²) in [5.41, 5.74) is 7.63. The molecule has 0 aliphatic carbocycles. The van der Waals surface area contributed by atoms with E-state index in [2.05, 4.69) is 30.8 Å². The van der Waals surface area contributed by atoms with Gasteiger partial charge in [0.25, 0.3) is 0 Å². The largest absolute Gasteiger partial charge is 0.397 e. The summed E-state index contributed by atoms with van der Waals surface area (Å²) in [6.45, 7) is 5.26. The molecule has 0 spiro atoms. The number of nitrogens with zero attached hydrogens (tertiary/aromatic N) is 2. The lowest BCUT2D eigenvalue weighted by molar-refractivity contribution is 0.220. The SMILES string of the molecule is CCC(CC)N(C)Cc1ncccc1N. The molecule has 1 aromatic rings. The molecule has 0 unspecified atom stereocenters. The van der Waals surface area contributed by atoms with E-state index in [0.29, 0.717) is 6.04 Å². The zero-order valence-electron chi connectivity index (χ0n) is 9.90. The summed E-state index contributed by atoms with van der Waals surface area (Å²) < 4.78 is 0. The van der Waals surface area contributed by atoms with Crippen LogP contribution in [0.2, 0.25) is 0 Å². The predicted octanol–water partition coefficient (Wildman–Crippen LogP) is 2.28. The summed E-state index contributed by atoms with van der Waals surface area (Å²) >= 11 is 0. The van der Waals surface area contributed by atoms with Crippen LogP contribution in [0.1, 0.15) is 32.4 Å². The van der Waals surface area contributed by atoms with E-state index >= 15 is 0 Å². The number of hydrogen-bond donors (Lipinski definition) is 1. The number of hydrogen-bond acceptors (Lipinski definition) is 3. The number of nitrogen functional groups attached to an aromatic ring is 1. The fourth-order valence-corrected chi connectivity index (χ4v) is 1.86. The van der Waals surface area contributed by atoms with Gasteiger partial charge in [0, 0.05) is 18.8 Å². The minimum Gasteiger partial charge on any atom is -0.397 e. The number of rotatable bonds is 5. The Morgan fingerprint density at radius 3 is 2.60 bits per heavy atom. The molecule has 3 nitrogen and oxygen atoms in total. The van der Waals surface area contributed by atoms with Gasteiger partial charge in [0.1, 0.15) is 0 Å². The normalized spacial score (nSPS) is 11.3. The van der Waals surface area contributed by atoms with Crippen LogP contribution in [0.3, 0.4) is 0 Å². The van der Waals surface area contributed by atoms with Crippen molar-refractivity contribution in [3.8, 4) is 0 Å². The topological polar surface area (TPSA) is 42.2 Å². The molecule has 0 fully saturated rings. The van der Waals surface area contributed by atoms with Crippen molar-refractivity contribution in [2.45, 2.75) is 39.3 Å². The Morgan fingerprint density at radius 2 is 2.07 bits per heavy atom. The summed E-state index contributed by atoms with van der Waals surface area (Å²) in [4.78, 5) is 6.62. The van der Waals surface area contributed by atoms with Crippen molar-refractivity contribution in [3.05, 3.63) is 24.0 Å². The van der Waals surface area contributed by atoms with Gasteiger partial charge in [-0.1, -0.05) is 13.8 Å². The smallest absolute Gasteiger partial charge is 0.0772 e. The van der Waals surface area contributed by atoms with Gasteiger partial charge in [-0.05, 0) is 32.0 Å². The summed E-state index contributed by atoms with van der Waals surface area (Å²) in [5.74, 6) is 0. The molecule has 84 valence electrons. The fourth-order valence-electron chi connectivity index (χ4n) is 1.86. The highest BCUT2D eigenvalue weighted by atomic mass is 15.1. The minimum atomic E-state index is 0.617. The van der Waals surface area contributed by atoms with Crippen LogP contribution < -0.4 is 5.73 Å². The molecule has 0 saturated heterocycles. The predicted molar refractivity (Wildman–Crippen MR) is 64.5 cm³/mol. The lowest BCUT2D eigenvalue weighted by atomic mass is 10.1. The summed E-state index contributed by atoms with van der Waals surface area (Å²) in [7, 11) is 2.13. The van der Waals surface area contributed by atoms with E-state index < -0.39 is 0 Å². The number of nitrogens with two attached hydrogens (primary N) is 1. The van der Waals surface area contributed by atoms with Gasteiger partial charge in [0.2, 0.25) is 0 Å². The summed E-state index contributed by atoms with van der Waals surface area (Å²) in [6.07, 6.45) is 4.13. The molecule has 0 radical (unpaired) electrons. The highest BCUT2D eigenvalue weighted by Gasteiger charge is 2.12. The van der Waals surface area contributed by atoms with Gasteiger partial charge in [0.05, 0.1) is 11.4 Å². The molecule has 1 rings (SSSR count). The fraction of sp³-hybridized carbons (Fsp3) is 0.583. The second kappa shape index (κ2) is 5.71. The lowest BCUT2D eigenvalue weighted by Crippen LogP contribution is -2.30. The van der Waals surface area contributed by atoms with Crippen LogP contribution in [-0.4, -0.2) is 23.0 Å². The van der Waals surface area contributed by atoms with Gasteiger partial charge < -0.3 is 5.73 Å². The first-order valence-corrected chi connectivity index (χ1v) is 5.58. The maximum atomic E-state index is 5.86. The molecule has 0 aliphatic rings. The third kappa shape index (κ3) is 3.20. The van der Waals surface area contributed by atoms with Crippen LogP contribution in [0.25, 0.3) is 0 Å². The van der Waals surface area contributed by atoms with Crippen LogP contribution >= 0.6 is 0 Å². The van der Waals surface area contributed by atoms with E-state index in [4.69, 9.17) is 5.73 Å². The molecule has 0 bridgehead atoms. The summed E-state index contributed by atoms with van der Waals surface area (Å²) in [5, 5.41) is 0. The molecular formula is C12H21N3. The Balaban J connectivity index is 2.65. The maximum absolute atomic E-state index is 5.86. The van der Waals surface area contributed by atoms with E-state index in [0.717, 1.165) is 17.9 Å². The Hall–Kier alpha value is -1.09. The van der Waals surface area contributed by atoms with E-state index in [1.165, 1.54) is 12.8 Å². The lowest BCUT2D eigenvalue weighted by Gasteiger charge is -2.25. The van der Waals surface area contributed by atoms with Crippen LogP contribution in [0.5, 0.6) is 0 Å². The molecule has 1 heterocycles. The van der Waals surface area contributed by atoms with Crippen molar-refractivity contribution >= 4 is 5.69 Å². The zero-order valence-corrected chi connectivity index (χ0v) is 9.90. The van der Waals surface area contributed by atoms with Crippen molar-refractivity contribution in [1.82, 2.24) is 9.88 Å². The number of anilines is 1. The van der Waals surface area contributed by atoms with Crippen LogP contribution in [-0.2, 0) is 6.54 Å². The standard InChI is InChI=1S/C12H21N3/c1-4-10(5-2)15(3)9-12-11(13)7-6-8-14-12/h6-8,10H,4-5,9,13H2,1-3H3. The van der Waals surface area contributed by atoms with Crippen molar-refractivity contribution in [1.29, 1.82) is 0 Å². The molecule has 0 saturated carbocycles. The van der Waals surface area contributed by atoms with E-state index in [1.54, 1.807) is 6.20 Å². The second-order valence-electron chi connectivity index (χ2n) is 3.92. The first-order valence-electron chi connectivity index (χ1n) is 5.58. The third-order valence-corrected chi connectivity index (χ3v) is 2.89. The molecule has 15 heavy (non-hydrogen) atoms. The van der Waals surface area contributed by atoms with Crippen molar-refractivity contribution in [2.24, 2.45) is 0 Å². The van der Waals surface area contributed by atoms with Crippen molar-refractivity contribution < 1.29 is 0 Å². The summed E-state index contributed by atoms with van der Waals surface area (Å²) in [6, 6.07) is 4.39. The van der Waals surface area contributed by atoms with Crippen molar-refractivity contribution in [3.63, 3.8) is 0 Å². The molecule has 0 aromatic carbocycles. The second-order valence-corrected chi connectivity index (χ2v) is 3.92. The van der Waals surface area contributed by atoms with Gasteiger partial charge >= 0.3 is 0 Å². The molecule has 0 atom stereocenters. The monoisotopic (exact) mass is 207 g/mol. The van der Waals surface area contributed by atoms with Gasteiger partial charge in [0.15, 0.2) is 0 Å². The van der Waals surface area contributed by atoms with Gasteiger partial charge in [-0.25, -0.2) is 0 Å². The minimum absolute atomic E-state index is 0.617. The average molecular weight is 207 g/mol. The number of pyridine rings is 1. The van der Waals surface area contributed by atoms with Crippen LogP contribution in [0, 0.1) is 0 Å². The van der Waals surface area contributed by atoms with Crippen LogP contribution in [0.15, 0.2) is 18.3 Å². The number of aromatic nitrogens is 1. The highest BCUT2D eigenvalue weighted by molar-refractivity contribution is 5.41. The molecule has 1 aromatic heterocycles. The van der Waals surface area contributed by atoms with E-state index in [-0.39, 0.29) is 0 Å². The Labute approximate surface area is 92.3 Å². The molecule has 3 heteroatoms. The quantitative estimate of drug-likeness (QED) is 0.805. The van der Waals surface area contributed by atoms with E-state index in [9.17, 15) is 0 Å². The third-order valence-electron chi connectivity index (χ3n) is 2.89. The van der Waals surface area contributed by atoms with Gasteiger partial charge in [-0.3, -0.25) is 9.88 Å². The van der Waals surface area contributed by atoms with Crippen LogP contribution in [0.4, 0.5) is 5.69 Å². The molecule has 2 N–H and O–H groups in total. The average Bonchev–Trinajstić information content (AvgIpc) is 2.23. The molecule has 0 amide bonds. The molecule has 0 aliphatic heterocycles. The van der Waals surface area contributed by atoms with Gasteiger partial charge in [-0.15, -0.1) is 0 Å². The highest BCUT2D eigenvalue weighted by Crippen LogP contribution is 2.13.